The number of benzene rings is 1. The SMILES string of the molecule is Nc1ccc(Cl)c(S(=O)(=O)NCc2ccno2)c1. The normalized spacial score (nSPS) is 11.6. The summed E-state index contributed by atoms with van der Waals surface area (Å²) in [5, 5.41) is 3.58. The minimum Gasteiger partial charge on any atom is -0.399 e. The van der Waals surface area contributed by atoms with Gasteiger partial charge in [0.2, 0.25) is 10.0 Å². The topological polar surface area (TPSA) is 98.2 Å². The van der Waals surface area contributed by atoms with Gasteiger partial charge in [-0.25, -0.2) is 13.1 Å². The maximum Gasteiger partial charge on any atom is 0.242 e. The Bertz CT molecular complexity index is 640. The van der Waals surface area contributed by atoms with E-state index in [2.05, 4.69) is 9.88 Å². The van der Waals surface area contributed by atoms with Crippen molar-refractivity contribution < 1.29 is 12.9 Å². The number of aromatic nitrogens is 1. The van der Waals surface area contributed by atoms with Crippen molar-refractivity contribution in [3.05, 3.63) is 41.2 Å². The molecule has 0 aliphatic rings. The largest absolute Gasteiger partial charge is 0.399 e. The Morgan fingerprint density at radius 2 is 2.17 bits per heavy atom. The fourth-order valence-corrected chi connectivity index (χ4v) is 2.83. The molecule has 0 unspecified atom stereocenters. The maximum atomic E-state index is 12.0. The number of sulfonamides is 1. The quantitative estimate of drug-likeness (QED) is 0.828. The molecule has 18 heavy (non-hydrogen) atoms. The summed E-state index contributed by atoms with van der Waals surface area (Å²) < 4.78 is 31.1. The zero-order chi connectivity index (χ0) is 13.2. The van der Waals surface area contributed by atoms with E-state index in [1.807, 2.05) is 0 Å². The van der Waals surface area contributed by atoms with E-state index in [0.29, 0.717) is 11.4 Å². The van der Waals surface area contributed by atoms with Gasteiger partial charge in [0, 0.05) is 11.8 Å². The molecule has 0 bridgehead atoms. The average molecular weight is 288 g/mol. The molecule has 6 nitrogen and oxygen atoms in total. The molecule has 0 radical (unpaired) electrons. The van der Waals surface area contributed by atoms with Crippen LogP contribution in [-0.4, -0.2) is 13.6 Å². The van der Waals surface area contributed by atoms with E-state index in [-0.39, 0.29) is 16.5 Å². The average Bonchev–Trinajstić information content (AvgIpc) is 2.83. The Morgan fingerprint density at radius 1 is 1.39 bits per heavy atom. The first-order valence-electron chi connectivity index (χ1n) is 4.93. The van der Waals surface area contributed by atoms with Crippen molar-refractivity contribution >= 4 is 27.3 Å². The van der Waals surface area contributed by atoms with Gasteiger partial charge in [0.1, 0.15) is 4.90 Å². The zero-order valence-electron chi connectivity index (χ0n) is 9.13. The molecule has 0 spiro atoms. The number of rotatable bonds is 4. The van der Waals surface area contributed by atoms with E-state index in [4.69, 9.17) is 21.9 Å². The molecule has 2 rings (SSSR count). The van der Waals surface area contributed by atoms with Crippen molar-refractivity contribution in [2.45, 2.75) is 11.4 Å². The molecule has 0 fully saturated rings. The Labute approximate surface area is 109 Å². The van der Waals surface area contributed by atoms with Gasteiger partial charge in [0.25, 0.3) is 0 Å². The molecule has 1 aromatic carbocycles. The van der Waals surface area contributed by atoms with Crippen LogP contribution in [0.1, 0.15) is 5.76 Å². The molecule has 2 aromatic rings. The highest BCUT2D eigenvalue weighted by atomic mass is 35.5. The van der Waals surface area contributed by atoms with Gasteiger partial charge in [0.05, 0.1) is 17.8 Å². The van der Waals surface area contributed by atoms with E-state index in [1.54, 1.807) is 6.07 Å². The monoisotopic (exact) mass is 287 g/mol. The van der Waals surface area contributed by atoms with Gasteiger partial charge < -0.3 is 10.3 Å². The molecule has 0 amide bonds. The fraction of sp³-hybridized carbons (Fsp3) is 0.100. The van der Waals surface area contributed by atoms with Crippen LogP contribution in [0.5, 0.6) is 0 Å². The number of nitrogens with one attached hydrogen (secondary N) is 1. The molecule has 1 aromatic heterocycles. The number of nitrogens with two attached hydrogens (primary N) is 1. The van der Waals surface area contributed by atoms with E-state index in [9.17, 15) is 8.42 Å². The van der Waals surface area contributed by atoms with E-state index in [1.165, 1.54) is 24.4 Å². The van der Waals surface area contributed by atoms with Crippen LogP contribution in [0.25, 0.3) is 0 Å². The zero-order valence-corrected chi connectivity index (χ0v) is 10.7. The lowest BCUT2D eigenvalue weighted by molar-refractivity contribution is 0.380. The van der Waals surface area contributed by atoms with E-state index in [0.717, 1.165) is 0 Å². The highest BCUT2D eigenvalue weighted by Gasteiger charge is 2.18. The summed E-state index contributed by atoms with van der Waals surface area (Å²) in [6.45, 7) is -0.00649. The predicted octanol–water partition coefficient (Wildman–Crippen LogP) is 1.39. The number of nitrogen functional groups attached to an aromatic ring is 1. The minimum atomic E-state index is -3.74. The Morgan fingerprint density at radius 3 is 2.83 bits per heavy atom. The standard InChI is InChI=1S/C10H10ClN3O3S/c11-9-2-1-7(12)5-10(9)18(15,16)14-6-8-3-4-13-17-8/h1-5,14H,6,12H2. The Hall–Kier alpha value is -1.57. The second-order valence-electron chi connectivity index (χ2n) is 3.49. The summed E-state index contributed by atoms with van der Waals surface area (Å²) in [7, 11) is -3.74. The summed E-state index contributed by atoms with van der Waals surface area (Å²) in [6, 6.07) is 5.81. The van der Waals surface area contributed by atoms with Gasteiger partial charge in [-0.3, -0.25) is 0 Å². The molecule has 0 aliphatic carbocycles. The van der Waals surface area contributed by atoms with Crippen molar-refractivity contribution in [2.75, 3.05) is 5.73 Å². The van der Waals surface area contributed by atoms with Crippen molar-refractivity contribution in [1.82, 2.24) is 9.88 Å². The first kappa shape index (κ1) is 12.9. The third-order valence-electron chi connectivity index (χ3n) is 2.17. The number of hydrogen-bond donors (Lipinski definition) is 2. The molecule has 0 saturated heterocycles. The second-order valence-corrected chi connectivity index (χ2v) is 5.64. The third-order valence-corrected chi connectivity index (χ3v) is 4.06. The first-order valence-corrected chi connectivity index (χ1v) is 6.79. The molecule has 96 valence electrons. The van der Waals surface area contributed by atoms with Crippen LogP contribution in [0.2, 0.25) is 5.02 Å². The van der Waals surface area contributed by atoms with Crippen molar-refractivity contribution in [2.24, 2.45) is 0 Å². The van der Waals surface area contributed by atoms with Crippen LogP contribution in [-0.2, 0) is 16.6 Å². The molecule has 0 aliphatic heterocycles. The van der Waals surface area contributed by atoms with Crippen LogP contribution in [0.4, 0.5) is 5.69 Å². The molecule has 0 atom stereocenters. The molecular weight excluding hydrogens is 278 g/mol. The van der Waals surface area contributed by atoms with Gasteiger partial charge in [-0.1, -0.05) is 16.8 Å². The molecule has 1 heterocycles. The second kappa shape index (κ2) is 4.97. The molecular formula is C10H10ClN3O3S. The van der Waals surface area contributed by atoms with E-state index >= 15 is 0 Å². The smallest absolute Gasteiger partial charge is 0.242 e. The summed E-state index contributed by atoms with van der Waals surface area (Å²) in [5.41, 5.74) is 5.85. The summed E-state index contributed by atoms with van der Waals surface area (Å²) in [4.78, 5) is -0.0660. The van der Waals surface area contributed by atoms with E-state index < -0.39 is 10.0 Å². The fourth-order valence-electron chi connectivity index (χ4n) is 1.30. The van der Waals surface area contributed by atoms with Crippen molar-refractivity contribution in [3.63, 3.8) is 0 Å². The van der Waals surface area contributed by atoms with Crippen LogP contribution in [0, 0.1) is 0 Å². The highest BCUT2D eigenvalue weighted by molar-refractivity contribution is 7.89. The Kier molecular flexibility index (Phi) is 3.55. The minimum absolute atomic E-state index is 0.00649. The number of anilines is 1. The van der Waals surface area contributed by atoms with Gasteiger partial charge in [-0.15, -0.1) is 0 Å². The summed E-state index contributed by atoms with van der Waals surface area (Å²) in [6.07, 6.45) is 1.43. The third kappa shape index (κ3) is 2.81. The van der Waals surface area contributed by atoms with Crippen LogP contribution >= 0.6 is 11.6 Å². The first-order chi connectivity index (χ1) is 8.49. The highest BCUT2D eigenvalue weighted by Crippen LogP contribution is 2.23. The van der Waals surface area contributed by atoms with Crippen LogP contribution < -0.4 is 10.5 Å². The van der Waals surface area contributed by atoms with Crippen LogP contribution in [0.3, 0.4) is 0 Å². The van der Waals surface area contributed by atoms with Crippen LogP contribution in [0.15, 0.2) is 39.9 Å². The summed E-state index contributed by atoms with van der Waals surface area (Å²) >= 11 is 5.83. The predicted molar refractivity (Wildman–Crippen MR) is 66.4 cm³/mol. The lowest BCUT2D eigenvalue weighted by Crippen LogP contribution is -2.23. The van der Waals surface area contributed by atoms with Gasteiger partial charge in [0.15, 0.2) is 5.76 Å². The van der Waals surface area contributed by atoms with Crippen molar-refractivity contribution in [1.29, 1.82) is 0 Å². The van der Waals surface area contributed by atoms with Gasteiger partial charge in [-0.05, 0) is 18.2 Å². The number of hydrogen-bond acceptors (Lipinski definition) is 5. The van der Waals surface area contributed by atoms with Gasteiger partial charge >= 0.3 is 0 Å². The number of nitrogens with zero attached hydrogens (tertiary/aromatic N) is 1. The molecule has 8 heteroatoms. The number of halogens is 1. The lowest BCUT2D eigenvalue weighted by Gasteiger charge is -2.07. The van der Waals surface area contributed by atoms with Crippen molar-refractivity contribution in [3.8, 4) is 0 Å². The molecule has 3 N–H and O–H groups in total. The lowest BCUT2D eigenvalue weighted by atomic mass is 10.3. The van der Waals surface area contributed by atoms with Gasteiger partial charge in [-0.2, -0.15) is 0 Å². The molecule has 0 saturated carbocycles. The Balaban J connectivity index is 2.22. The summed E-state index contributed by atoms with van der Waals surface area (Å²) in [5.74, 6) is 0.401. The maximum absolute atomic E-state index is 12.0.